The first-order valence-corrected chi connectivity index (χ1v) is 7.19. The third-order valence-corrected chi connectivity index (χ3v) is 3.78. The van der Waals surface area contributed by atoms with Crippen LogP contribution in [0.3, 0.4) is 0 Å². The summed E-state index contributed by atoms with van der Waals surface area (Å²) in [5.41, 5.74) is 0. The van der Waals surface area contributed by atoms with Crippen LogP contribution in [0, 0.1) is 5.92 Å². The van der Waals surface area contributed by atoms with Gasteiger partial charge in [-0.05, 0) is 32.1 Å². The van der Waals surface area contributed by atoms with Crippen LogP contribution in [0.15, 0.2) is 0 Å². The van der Waals surface area contributed by atoms with Gasteiger partial charge in [0.2, 0.25) is 0 Å². The molecule has 22 heavy (non-hydrogen) atoms. The molecule has 1 aliphatic rings. The molecule has 0 spiro atoms. The van der Waals surface area contributed by atoms with Crippen molar-refractivity contribution in [1.82, 2.24) is 0 Å². The number of hydrogen-bond donors (Lipinski definition) is 0. The normalized spacial score (nSPS) is 23.0. The van der Waals surface area contributed by atoms with E-state index in [1.165, 1.54) is 0 Å². The molecule has 0 amide bonds. The van der Waals surface area contributed by atoms with Crippen molar-refractivity contribution in [3.05, 3.63) is 0 Å². The second-order valence-corrected chi connectivity index (χ2v) is 5.57. The Morgan fingerprint density at radius 2 is 1.77 bits per heavy atom. The average molecular weight is 328 g/mol. The molecule has 0 aromatic rings. The van der Waals surface area contributed by atoms with Crippen molar-refractivity contribution in [2.24, 2.45) is 5.92 Å². The predicted octanol–water partition coefficient (Wildman–Crippen LogP) is 3.33. The Morgan fingerprint density at radius 1 is 1.18 bits per heavy atom. The van der Waals surface area contributed by atoms with Crippen molar-refractivity contribution in [3.8, 4) is 0 Å². The molecule has 0 aromatic carbocycles. The number of halogens is 4. The Balaban J connectivity index is 2.23. The zero-order chi connectivity index (χ0) is 16.8. The summed E-state index contributed by atoms with van der Waals surface area (Å²) < 4.78 is 60.8. The molecule has 128 valence electrons. The molecule has 0 N–H and O–H groups in total. The molecule has 0 heterocycles. The zero-order valence-electron chi connectivity index (χ0n) is 12.3. The van der Waals surface area contributed by atoms with E-state index < -0.39 is 24.2 Å². The van der Waals surface area contributed by atoms with Crippen LogP contribution in [-0.2, 0) is 19.1 Å². The number of hydrogen-bond acceptors (Lipinski definition) is 4. The van der Waals surface area contributed by atoms with Crippen LogP contribution in [0.1, 0.15) is 45.4 Å². The number of alkyl halides is 4. The fourth-order valence-corrected chi connectivity index (χ4v) is 2.32. The number of esters is 1. The Kier molecular flexibility index (Phi) is 6.62. The second kappa shape index (κ2) is 7.78. The van der Waals surface area contributed by atoms with Crippen molar-refractivity contribution >= 4 is 12.4 Å². The molecule has 1 aliphatic carbocycles. The summed E-state index contributed by atoms with van der Waals surface area (Å²) in [6.07, 6.45) is 0.486. The van der Waals surface area contributed by atoms with Gasteiger partial charge in [0.15, 0.2) is 0 Å². The lowest BCUT2D eigenvalue weighted by atomic mass is 9.87. The number of ether oxygens (including phenoxy) is 2. The molecule has 0 aliphatic heterocycles. The molecule has 1 saturated carbocycles. The van der Waals surface area contributed by atoms with Crippen molar-refractivity contribution in [1.29, 1.82) is 0 Å². The molecule has 1 fully saturated rings. The summed E-state index contributed by atoms with van der Waals surface area (Å²) in [4.78, 5) is 21.9. The zero-order valence-corrected chi connectivity index (χ0v) is 12.3. The van der Waals surface area contributed by atoms with E-state index in [1.54, 1.807) is 0 Å². The summed E-state index contributed by atoms with van der Waals surface area (Å²) in [7, 11) is 0. The topological polar surface area (TPSA) is 52.6 Å². The molecule has 0 bridgehead atoms. The van der Waals surface area contributed by atoms with E-state index in [-0.39, 0.29) is 32.0 Å². The highest BCUT2D eigenvalue weighted by Crippen LogP contribution is 2.37. The smallest absolute Gasteiger partial charge is 0.310 e. The van der Waals surface area contributed by atoms with E-state index in [4.69, 9.17) is 9.47 Å². The predicted molar refractivity (Wildman–Crippen MR) is 68.7 cm³/mol. The van der Waals surface area contributed by atoms with Gasteiger partial charge in [-0.15, -0.1) is 0 Å². The molecule has 0 atom stereocenters. The maximum absolute atomic E-state index is 13.0. The SMILES string of the molecule is CC(F)(F)C(F)(F)CCCOC(=O)C1CCC(OC=O)CC1. The van der Waals surface area contributed by atoms with E-state index in [1.807, 2.05) is 0 Å². The molecule has 8 heteroatoms. The van der Waals surface area contributed by atoms with Crippen LogP contribution in [0.5, 0.6) is 0 Å². The van der Waals surface area contributed by atoms with Gasteiger partial charge in [-0.3, -0.25) is 9.59 Å². The molecule has 4 nitrogen and oxygen atoms in total. The maximum Gasteiger partial charge on any atom is 0.310 e. The Labute approximate surface area is 126 Å². The minimum atomic E-state index is -4.11. The summed E-state index contributed by atoms with van der Waals surface area (Å²) >= 11 is 0. The Morgan fingerprint density at radius 3 is 2.27 bits per heavy atom. The van der Waals surface area contributed by atoms with E-state index in [0.717, 1.165) is 0 Å². The lowest BCUT2D eigenvalue weighted by Gasteiger charge is -2.26. The van der Waals surface area contributed by atoms with Crippen LogP contribution < -0.4 is 0 Å². The van der Waals surface area contributed by atoms with Crippen molar-refractivity contribution in [2.75, 3.05) is 6.61 Å². The van der Waals surface area contributed by atoms with Gasteiger partial charge in [-0.1, -0.05) is 0 Å². The Hall–Kier alpha value is -1.34. The average Bonchev–Trinajstić information content (AvgIpc) is 2.43. The van der Waals surface area contributed by atoms with Gasteiger partial charge >= 0.3 is 17.8 Å². The summed E-state index contributed by atoms with van der Waals surface area (Å²) in [6, 6.07) is 0. The lowest BCUT2D eigenvalue weighted by Crippen LogP contribution is -2.37. The molecule has 1 rings (SSSR count). The van der Waals surface area contributed by atoms with Crippen LogP contribution in [-0.4, -0.2) is 37.0 Å². The van der Waals surface area contributed by atoms with Gasteiger partial charge in [0, 0.05) is 13.3 Å². The standard InChI is InChI=1S/C14H20F4O4/c1-13(15,16)14(17,18)7-2-8-21-12(20)10-3-5-11(6-4-10)22-9-19/h9-11H,2-8H2,1H3. The highest BCUT2D eigenvalue weighted by atomic mass is 19.3. The van der Waals surface area contributed by atoms with Gasteiger partial charge in [0.1, 0.15) is 6.10 Å². The van der Waals surface area contributed by atoms with Crippen LogP contribution in [0.4, 0.5) is 17.6 Å². The molecule has 0 saturated heterocycles. The van der Waals surface area contributed by atoms with Crippen LogP contribution in [0.2, 0.25) is 0 Å². The monoisotopic (exact) mass is 328 g/mol. The van der Waals surface area contributed by atoms with Gasteiger partial charge in [0.25, 0.3) is 6.47 Å². The summed E-state index contributed by atoms with van der Waals surface area (Å²) in [6.45, 7) is 0.223. The summed E-state index contributed by atoms with van der Waals surface area (Å²) in [5.74, 6) is -9.08. The quantitative estimate of drug-likeness (QED) is 0.297. The van der Waals surface area contributed by atoms with E-state index in [9.17, 15) is 27.2 Å². The van der Waals surface area contributed by atoms with E-state index in [2.05, 4.69) is 0 Å². The van der Waals surface area contributed by atoms with Crippen LogP contribution in [0.25, 0.3) is 0 Å². The summed E-state index contributed by atoms with van der Waals surface area (Å²) in [5, 5.41) is 0. The van der Waals surface area contributed by atoms with E-state index in [0.29, 0.717) is 32.2 Å². The third kappa shape index (κ3) is 5.46. The number of carbonyl (C=O) groups is 2. The van der Waals surface area contributed by atoms with Gasteiger partial charge < -0.3 is 9.47 Å². The van der Waals surface area contributed by atoms with Crippen LogP contribution >= 0.6 is 0 Å². The first kappa shape index (κ1) is 18.7. The third-order valence-electron chi connectivity index (χ3n) is 3.78. The van der Waals surface area contributed by atoms with Crippen molar-refractivity contribution in [2.45, 2.75) is 63.4 Å². The minimum Gasteiger partial charge on any atom is -0.465 e. The molecular formula is C14H20F4O4. The van der Waals surface area contributed by atoms with Crippen molar-refractivity contribution in [3.63, 3.8) is 0 Å². The fraction of sp³-hybridized carbons (Fsp3) is 0.857. The molecule has 0 radical (unpaired) electrons. The van der Waals surface area contributed by atoms with Crippen molar-refractivity contribution < 1.29 is 36.6 Å². The maximum atomic E-state index is 13.0. The highest BCUT2D eigenvalue weighted by molar-refractivity contribution is 5.72. The minimum absolute atomic E-state index is 0.166. The lowest BCUT2D eigenvalue weighted by molar-refractivity contribution is -0.202. The molecular weight excluding hydrogens is 308 g/mol. The van der Waals surface area contributed by atoms with Gasteiger partial charge in [-0.25, -0.2) is 8.78 Å². The Bertz CT molecular complexity index is 374. The van der Waals surface area contributed by atoms with E-state index >= 15 is 0 Å². The highest BCUT2D eigenvalue weighted by Gasteiger charge is 2.51. The fourth-order valence-electron chi connectivity index (χ4n) is 2.32. The second-order valence-electron chi connectivity index (χ2n) is 5.57. The van der Waals surface area contributed by atoms with Gasteiger partial charge in [-0.2, -0.15) is 8.78 Å². The first-order valence-electron chi connectivity index (χ1n) is 7.19. The van der Waals surface area contributed by atoms with Gasteiger partial charge in [0.05, 0.1) is 12.5 Å². The molecule has 0 unspecified atom stereocenters. The first-order chi connectivity index (χ1) is 10.2. The molecule has 0 aromatic heterocycles. The largest absolute Gasteiger partial charge is 0.465 e. The number of carbonyl (C=O) groups excluding carboxylic acids is 2. The number of rotatable bonds is 8.